The number of hydrogen-bond acceptors (Lipinski definition) is 2. The molecule has 0 saturated heterocycles. The summed E-state index contributed by atoms with van der Waals surface area (Å²) < 4.78 is 1.92. The molecular weight excluding hydrogens is 236 g/mol. The van der Waals surface area contributed by atoms with E-state index in [0.717, 1.165) is 25.1 Å². The van der Waals surface area contributed by atoms with E-state index in [0.29, 0.717) is 6.54 Å². The van der Waals surface area contributed by atoms with Crippen molar-refractivity contribution in [3.8, 4) is 0 Å². The third kappa shape index (κ3) is 2.61. The van der Waals surface area contributed by atoms with Gasteiger partial charge in [0.15, 0.2) is 5.78 Å². The predicted octanol–water partition coefficient (Wildman–Crippen LogP) is 2.27. The van der Waals surface area contributed by atoms with Crippen LogP contribution in [0.2, 0.25) is 0 Å². The molecule has 3 heteroatoms. The van der Waals surface area contributed by atoms with Gasteiger partial charge in [0.05, 0.1) is 6.54 Å². The lowest BCUT2D eigenvalue weighted by molar-refractivity contribution is 0.0921. The van der Waals surface area contributed by atoms with E-state index < -0.39 is 0 Å². The Morgan fingerprint density at radius 1 is 1.21 bits per heavy atom. The van der Waals surface area contributed by atoms with Crippen molar-refractivity contribution in [3.63, 3.8) is 0 Å². The van der Waals surface area contributed by atoms with Crippen LogP contribution in [-0.4, -0.2) is 28.3 Å². The van der Waals surface area contributed by atoms with Gasteiger partial charge in [-0.05, 0) is 23.6 Å². The first-order chi connectivity index (χ1) is 9.22. The van der Waals surface area contributed by atoms with Crippen molar-refractivity contribution in [2.45, 2.75) is 13.0 Å². The largest absolute Gasteiger partial charge is 0.357 e. The van der Waals surface area contributed by atoms with Gasteiger partial charge < -0.3 is 4.57 Å². The van der Waals surface area contributed by atoms with Crippen LogP contribution < -0.4 is 0 Å². The first-order valence-corrected chi connectivity index (χ1v) is 6.67. The SMILES string of the molecule is Cn1ccc(C(=O)CN2CCc3ccccc3C2)c1. The summed E-state index contributed by atoms with van der Waals surface area (Å²) >= 11 is 0. The number of benzene rings is 1. The molecule has 3 rings (SSSR count). The van der Waals surface area contributed by atoms with E-state index in [9.17, 15) is 4.79 Å². The molecule has 98 valence electrons. The van der Waals surface area contributed by atoms with E-state index in [-0.39, 0.29) is 5.78 Å². The molecule has 19 heavy (non-hydrogen) atoms. The van der Waals surface area contributed by atoms with Gasteiger partial charge in [-0.1, -0.05) is 24.3 Å². The number of Topliss-reactive ketones (excluding diaryl/α,β-unsaturated/α-hetero) is 1. The van der Waals surface area contributed by atoms with Gasteiger partial charge in [0.25, 0.3) is 0 Å². The fraction of sp³-hybridized carbons (Fsp3) is 0.312. The second kappa shape index (κ2) is 5.02. The van der Waals surface area contributed by atoms with Crippen molar-refractivity contribution in [2.24, 2.45) is 7.05 Å². The second-order valence-electron chi connectivity index (χ2n) is 5.22. The Balaban J connectivity index is 1.68. The highest BCUT2D eigenvalue weighted by atomic mass is 16.1. The van der Waals surface area contributed by atoms with E-state index in [2.05, 4.69) is 29.2 Å². The molecule has 0 aliphatic carbocycles. The quantitative estimate of drug-likeness (QED) is 0.785. The van der Waals surface area contributed by atoms with Crippen molar-refractivity contribution < 1.29 is 4.79 Å². The zero-order chi connectivity index (χ0) is 13.2. The summed E-state index contributed by atoms with van der Waals surface area (Å²) in [4.78, 5) is 14.4. The van der Waals surface area contributed by atoms with Crippen LogP contribution in [0.5, 0.6) is 0 Å². The lowest BCUT2D eigenvalue weighted by Crippen LogP contribution is -2.34. The van der Waals surface area contributed by atoms with E-state index in [1.807, 2.05) is 30.1 Å². The summed E-state index contributed by atoms with van der Waals surface area (Å²) in [6, 6.07) is 10.4. The van der Waals surface area contributed by atoms with Crippen LogP contribution in [-0.2, 0) is 20.0 Å². The van der Waals surface area contributed by atoms with Gasteiger partial charge in [-0.15, -0.1) is 0 Å². The monoisotopic (exact) mass is 254 g/mol. The number of hydrogen-bond donors (Lipinski definition) is 0. The van der Waals surface area contributed by atoms with Gasteiger partial charge in [0.2, 0.25) is 0 Å². The molecule has 1 aromatic carbocycles. The number of carbonyl (C=O) groups excluding carboxylic acids is 1. The first kappa shape index (κ1) is 12.2. The summed E-state index contributed by atoms with van der Waals surface area (Å²) in [5.41, 5.74) is 3.59. The third-order valence-electron chi connectivity index (χ3n) is 3.73. The number of ketones is 1. The van der Waals surface area contributed by atoms with Crippen LogP contribution in [0.1, 0.15) is 21.5 Å². The zero-order valence-electron chi connectivity index (χ0n) is 11.2. The van der Waals surface area contributed by atoms with E-state index >= 15 is 0 Å². The number of aryl methyl sites for hydroxylation is 1. The van der Waals surface area contributed by atoms with Crippen molar-refractivity contribution in [1.82, 2.24) is 9.47 Å². The summed E-state index contributed by atoms with van der Waals surface area (Å²) in [5, 5.41) is 0. The van der Waals surface area contributed by atoms with E-state index in [1.54, 1.807) is 0 Å². The van der Waals surface area contributed by atoms with Gasteiger partial charge in [-0.25, -0.2) is 0 Å². The molecular formula is C16H18N2O. The molecule has 0 amide bonds. The van der Waals surface area contributed by atoms with Crippen LogP contribution in [0.15, 0.2) is 42.7 Å². The minimum atomic E-state index is 0.208. The van der Waals surface area contributed by atoms with Gasteiger partial charge in [0.1, 0.15) is 0 Å². The van der Waals surface area contributed by atoms with Gasteiger partial charge >= 0.3 is 0 Å². The Bertz CT molecular complexity index is 600. The molecule has 2 heterocycles. The lowest BCUT2D eigenvalue weighted by atomic mass is 9.99. The Morgan fingerprint density at radius 3 is 2.74 bits per heavy atom. The van der Waals surface area contributed by atoms with Crippen LogP contribution in [0.3, 0.4) is 0 Å². The Morgan fingerprint density at radius 2 is 2.00 bits per heavy atom. The van der Waals surface area contributed by atoms with Crippen molar-refractivity contribution >= 4 is 5.78 Å². The average molecular weight is 254 g/mol. The maximum Gasteiger partial charge on any atom is 0.178 e. The Kier molecular flexibility index (Phi) is 3.22. The molecule has 1 aliphatic rings. The molecule has 2 aromatic rings. The number of aromatic nitrogens is 1. The van der Waals surface area contributed by atoms with Crippen LogP contribution in [0.25, 0.3) is 0 Å². The first-order valence-electron chi connectivity index (χ1n) is 6.67. The molecule has 3 nitrogen and oxygen atoms in total. The fourth-order valence-electron chi connectivity index (χ4n) is 2.65. The summed E-state index contributed by atoms with van der Waals surface area (Å²) in [5.74, 6) is 0.208. The number of rotatable bonds is 3. The maximum absolute atomic E-state index is 12.2. The highest BCUT2D eigenvalue weighted by Gasteiger charge is 2.18. The molecule has 0 bridgehead atoms. The fourth-order valence-corrected chi connectivity index (χ4v) is 2.65. The minimum Gasteiger partial charge on any atom is -0.357 e. The van der Waals surface area contributed by atoms with E-state index in [4.69, 9.17) is 0 Å². The summed E-state index contributed by atoms with van der Waals surface area (Å²) in [6.07, 6.45) is 4.84. The Hall–Kier alpha value is -1.87. The van der Waals surface area contributed by atoms with Gasteiger partial charge in [0, 0.05) is 38.1 Å². The number of carbonyl (C=O) groups is 1. The highest BCUT2D eigenvalue weighted by Crippen LogP contribution is 2.18. The molecule has 0 radical (unpaired) electrons. The smallest absolute Gasteiger partial charge is 0.178 e. The topological polar surface area (TPSA) is 25.2 Å². The molecule has 0 spiro atoms. The average Bonchev–Trinajstić information content (AvgIpc) is 2.85. The number of nitrogens with zero attached hydrogens (tertiary/aromatic N) is 2. The van der Waals surface area contributed by atoms with Gasteiger partial charge in [-0.3, -0.25) is 9.69 Å². The molecule has 1 aromatic heterocycles. The molecule has 0 unspecified atom stereocenters. The Labute approximate surface area is 113 Å². The van der Waals surface area contributed by atoms with Crippen LogP contribution in [0.4, 0.5) is 0 Å². The molecule has 0 N–H and O–H groups in total. The maximum atomic E-state index is 12.2. The van der Waals surface area contributed by atoms with Crippen molar-refractivity contribution in [3.05, 3.63) is 59.4 Å². The van der Waals surface area contributed by atoms with Crippen molar-refractivity contribution in [2.75, 3.05) is 13.1 Å². The predicted molar refractivity (Wildman–Crippen MR) is 75.2 cm³/mol. The number of fused-ring (bicyclic) bond motifs is 1. The standard InChI is InChI=1S/C16H18N2O/c1-17-8-6-15(10-17)16(19)12-18-9-7-13-4-2-3-5-14(13)11-18/h2-6,8,10H,7,9,11-12H2,1H3. The summed E-state index contributed by atoms with van der Waals surface area (Å²) in [6.45, 7) is 2.36. The van der Waals surface area contributed by atoms with Crippen molar-refractivity contribution in [1.29, 1.82) is 0 Å². The van der Waals surface area contributed by atoms with E-state index in [1.165, 1.54) is 11.1 Å². The molecule has 1 aliphatic heterocycles. The lowest BCUT2D eigenvalue weighted by Gasteiger charge is -2.27. The van der Waals surface area contributed by atoms with Gasteiger partial charge in [-0.2, -0.15) is 0 Å². The molecule has 0 saturated carbocycles. The van der Waals surface area contributed by atoms with Crippen LogP contribution >= 0.6 is 0 Å². The third-order valence-corrected chi connectivity index (χ3v) is 3.73. The second-order valence-corrected chi connectivity index (χ2v) is 5.22. The molecule has 0 fully saturated rings. The zero-order valence-corrected chi connectivity index (χ0v) is 11.2. The summed E-state index contributed by atoms with van der Waals surface area (Å²) in [7, 11) is 1.94. The van der Waals surface area contributed by atoms with Crippen LogP contribution in [0, 0.1) is 0 Å². The highest BCUT2D eigenvalue weighted by molar-refractivity contribution is 5.97. The normalized spacial score (nSPS) is 15.2. The molecule has 0 atom stereocenters. The minimum absolute atomic E-state index is 0.208.